The average molecular weight is 370 g/mol. The third-order valence-corrected chi connectivity index (χ3v) is 5.44. The summed E-state index contributed by atoms with van der Waals surface area (Å²) in [5.41, 5.74) is 1.12. The van der Waals surface area contributed by atoms with Gasteiger partial charge in [0.05, 0.1) is 11.8 Å². The molecule has 6 nitrogen and oxygen atoms in total. The van der Waals surface area contributed by atoms with Crippen LogP contribution < -0.4 is 10.6 Å². The Balaban J connectivity index is 1.58. The van der Waals surface area contributed by atoms with E-state index in [4.69, 9.17) is 0 Å². The van der Waals surface area contributed by atoms with Crippen molar-refractivity contribution in [3.63, 3.8) is 0 Å². The first kappa shape index (κ1) is 19.1. The van der Waals surface area contributed by atoms with Crippen LogP contribution in [0.25, 0.3) is 0 Å². The highest BCUT2D eigenvalue weighted by atomic mass is 16.4. The van der Waals surface area contributed by atoms with Crippen molar-refractivity contribution in [2.75, 3.05) is 5.32 Å². The molecule has 0 spiro atoms. The Morgan fingerprint density at radius 3 is 2.15 bits per heavy atom. The van der Waals surface area contributed by atoms with Crippen LogP contribution in [0.3, 0.4) is 0 Å². The maximum Gasteiger partial charge on any atom is 0.307 e. The smallest absolute Gasteiger partial charge is 0.307 e. The van der Waals surface area contributed by atoms with Gasteiger partial charge in [-0.25, -0.2) is 0 Å². The molecular weight excluding hydrogens is 344 g/mol. The summed E-state index contributed by atoms with van der Waals surface area (Å²) < 4.78 is 0. The molecule has 0 aromatic heterocycles. The zero-order valence-electron chi connectivity index (χ0n) is 15.3. The summed E-state index contributed by atoms with van der Waals surface area (Å²) in [6.07, 6.45) is 10.1. The predicted molar refractivity (Wildman–Crippen MR) is 102 cm³/mol. The van der Waals surface area contributed by atoms with Gasteiger partial charge in [0.15, 0.2) is 0 Å². The number of nitrogens with one attached hydrogen (secondary N) is 2. The minimum Gasteiger partial charge on any atom is -0.481 e. The molecule has 2 atom stereocenters. The van der Waals surface area contributed by atoms with Crippen LogP contribution in [0.4, 0.5) is 5.69 Å². The van der Waals surface area contributed by atoms with Gasteiger partial charge in [-0.1, -0.05) is 31.4 Å². The molecule has 27 heavy (non-hydrogen) atoms. The van der Waals surface area contributed by atoms with Crippen LogP contribution in [0.5, 0.6) is 0 Å². The average Bonchev–Trinajstić information content (AvgIpc) is 2.69. The molecule has 2 aliphatic carbocycles. The van der Waals surface area contributed by atoms with Crippen molar-refractivity contribution in [3.05, 3.63) is 42.0 Å². The lowest BCUT2D eigenvalue weighted by atomic mass is 9.82. The van der Waals surface area contributed by atoms with Gasteiger partial charge in [0.2, 0.25) is 5.91 Å². The first-order valence-electron chi connectivity index (χ1n) is 9.64. The Hall–Kier alpha value is -2.63. The highest BCUT2D eigenvalue weighted by Crippen LogP contribution is 2.27. The van der Waals surface area contributed by atoms with E-state index in [0.29, 0.717) is 24.1 Å². The van der Waals surface area contributed by atoms with Gasteiger partial charge in [0, 0.05) is 17.3 Å². The zero-order valence-corrected chi connectivity index (χ0v) is 15.3. The summed E-state index contributed by atoms with van der Waals surface area (Å²) in [5.74, 6) is -2.62. The van der Waals surface area contributed by atoms with Crippen molar-refractivity contribution >= 4 is 23.5 Å². The minimum absolute atomic E-state index is 0.0943. The van der Waals surface area contributed by atoms with Gasteiger partial charge in [-0.2, -0.15) is 0 Å². The molecular formula is C21H26N2O4. The number of anilines is 1. The van der Waals surface area contributed by atoms with Gasteiger partial charge >= 0.3 is 5.97 Å². The molecule has 0 aliphatic heterocycles. The maximum absolute atomic E-state index is 12.5. The van der Waals surface area contributed by atoms with Crippen LogP contribution in [0.15, 0.2) is 36.4 Å². The quantitative estimate of drug-likeness (QED) is 0.693. The number of carboxylic acid groups (broad SMARTS) is 1. The summed E-state index contributed by atoms with van der Waals surface area (Å²) in [7, 11) is 0. The molecule has 2 amide bonds. The fraction of sp³-hybridized carbons (Fsp3) is 0.476. The first-order valence-corrected chi connectivity index (χ1v) is 9.64. The molecule has 0 heterocycles. The van der Waals surface area contributed by atoms with Crippen molar-refractivity contribution in [1.82, 2.24) is 5.32 Å². The van der Waals surface area contributed by atoms with E-state index >= 15 is 0 Å². The second kappa shape index (κ2) is 8.84. The number of carboxylic acids is 1. The van der Waals surface area contributed by atoms with Crippen molar-refractivity contribution in [1.29, 1.82) is 0 Å². The molecule has 1 aromatic carbocycles. The predicted octanol–water partition coefficient (Wildman–Crippen LogP) is 3.35. The number of rotatable bonds is 5. The monoisotopic (exact) mass is 370 g/mol. The second-order valence-electron chi connectivity index (χ2n) is 7.37. The van der Waals surface area contributed by atoms with Gasteiger partial charge < -0.3 is 15.7 Å². The Kier molecular flexibility index (Phi) is 6.27. The highest BCUT2D eigenvalue weighted by molar-refractivity contribution is 5.97. The molecule has 2 unspecified atom stereocenters. The van der Waals surface area contributed by atoms with Crippen LogP contribution in [0.2, 0.25) is 0 Å². The van der Waals surface area contributed by atoms with E-state index in [2.05, 4.69) is 10.6 Å². The van der Waals surface area contributed by atoms with Crippen molar-refractivity contribution in [2.24, 2.45) is 11.8 Å². The van der Waals surface area contributed by atoms with Gasteiger partial charge in [0.1, 0.15) is 0 Å². The highest BCUT2D eigenvalue weighted by Gasteiger charge is 2.33. The molecule has 144 valence electrons. The fourth-order valence-corrected chi connectivity index (χ4v) is 3.83. The lowest BCUT2D eigenvalue weighted by Crippen LogP contribution is -2.36. The van der Waals surface area contributed by atoms with E-state index in [9.17, 15) is 19.5 Å². The summed E-state index contributed by atoms with van der Waals surface area (Å²) in [5, 5.41) is 15.1. The summed E-state index contributed by atoms with van der Waals surface area (Å²) in [6.45, 7) is 0. The van der Waals surface area contributed by atoms with E-state index in [-0.39, 0.29) is 17.9 Å². The van der Waals surface area contributed by atoms with Crippen LogP contribution in [0, 0.1) is 11.8 Å². The molecule has 1 saturated carbocycles. The van der Waals surface area contributed by atoms with E-state index in [1.165, 1.54) is 6.42 Å². The number of allylic oxidation sites excluding steroid dienone is 2. The topological polar surface area (TPSA) is 95.5 Å². The molecule has 0 bridgehead atoms. The molecule has 1 aromatic rings. The van der Waals surface area contributed by atoms with Gasteiger partial charge in [-0.3, -0.25) is 14.4 Å². The molecule has 1 fully saturated rings. The number of carbonyl (C=O) groups excluding carboxylic acids is 2. The molecule has 0 radical (unpaired) electrons. The number of carbonyl (C=O) groups is 3. The third kappa shape index (κ3) is 4.96. The summed E-state index contributed by atoms with van der Waals surface area (Å²) in [6, 6.07) is 6.98. The number of amides is 2. The number of aliphatic carboxylic acids is 1. The van der Waals surface area contributed by atoms with Crippen LogP contribution >= 0.6 is 0 Å². The van der Waals surface area contributed by atoms with Crippen molar-refractivity contribution < 1.29 is 19.5 Å². The van der Waals surface area contributed by atoms with Crippen molar-refractivity contribution in [3.8, 4) is 0 Å². The number of hydrogen-bond acceptors (Lipinski definition) is 3. The molecule has 3 rings (SSSR count). The maximum atomic E-state index is 12.5. The second-order valence-corrected chi connectivity index (χ2v) is 7.37. The van der Waals surface area contributed by atoms with Crippen LogP contribution in [-0.2, 0) is 9.59 Å². The Labute approximate surface area is 159 Å². The summed E-state index contributed by atoms with van der Waals surface area (Å²) in [4.78, 5) is 36.2. The SMILES string of the molecule is O=C(NC1CCCCC1)c1ccc(NC(=O)C2CC=CCC2C(=O)O)cc1. The first-order chi connectivity index (χ1) is 13.0. The van der Waals surface area contributed by atoms with E-state index in [1.54, 1.807) is 24.3 Å². The number of hydrogen-bond donors (Lipinski definition) is 3. The Bertz CT molecular complexity index is 720. The van der Waals surface area contributed by atoms with Gasteiger partial charge in [-0.05, 0) is 49.9 Å². The molecule has 2 aliphatic rings. The standard InChI is InChI=1S/C21H26N2O4/c24-19(22-15-6-2-1-3-7-15)14-10-12-16(13-11-14)23-20(25)17-8-4-5-9-18(17)21(26)27/h4-5,10-13,15,17-18H,1-3,6-9H2,(H,22,24)(H,23,25)(H,26,27). The lowest BCUT2D eigenvalue weighted by Gasteiger charge is -2.24. The molecule has 6 heteroatoms. The molecule has 0 saturated heterocycles. The van der Waals surface area contributed by atoms with E-state index in [1.807, 2.05) is 12.2 Å². The third-order valence-electron chi connectivity index (χ3n) is 5.44. The Morgan fingerprint density at radius 1 is 0.889 bits per heavy atom. The normalized spacial score (nSPS) is 22.8. The van der Waals surface area contributed by atoms with E-state index < -0.39 is 17.8 Å². The largest absolute Gasteiger partial charge is 0.481 e. The fourth-order valence-electron chi connectivity index (χ4n) is 3.83. The number of benzene rings is 1. The van der Waals surface area contributed by atoms with Gasteiger partial charge in [0.25, 0.3) is 5.91 Å². The minimum atomic E-state index is -0.950. The lowest BCUT2D eigenvalue weighted by molar-refractivity contribution is -0.146. The zero-order chi connectivity index (χ0) is 19.2. The Morgan fingerprint density at radius 2 is 1.52 bits per heavy atom. The summed E-state index contributed by atoms with van der Waals surface area (Å²) >= 11 is 0. The van der Waals surface area contributed by atoms with Crippen LogP contribution in [0.1, 0.15) is 55.3 Å². The van der Waals surface area contributed by atoms with Crippen LogP contribution in [-0.4, -0.2) is 28.9 Å². The molecule has 3 N–H and O–H groups in total. The van der Waals surface area contributed by atoms with Gasteiger partial charge in [-0.15, -0.1) is 0 Å². The van der Waals surface area contributed by atoms with Crippen molar-refractivity contribution in [2.45, 2.75) is 51.0 Å². The van der Waals surface area contributed by atoms with E-state index in [0.717, 1.165) is 25.7 Å².